The first kappa shape index (κ1) is 15.0. The molecule has 2 rings (SSSR count). The number of ketones is 1. The second-order valence-electron chi connectivity index (χ2n) is 4.76. The zero-order valence-electron chi connectivity index (χ0n) is 12.5. The first-order valence-corrected chi connectivity index (χ1v) is 6.50. The number of ether oxygens (including phenoxy) is 1. The summed E-state index contributed by atoms with van der Waals surface area (Å²) in [4.78, 5) is 12.2. The lowest BCUT2D eigenvalue weighted by molar-refractivity contribution is 0.104. The summed E-state index contributed by atoms with van der Waals surface area (Å²) in [5.41, 5.74) is 2.68. The van der Waals surface area contributed by atoms with Crippen LogP contribution >= 0.6 is 0 Å². The van der Waals surface area contributed by atoms with Gasteiger partial charge in [0.15, 0.2) is 17.3 Å². The van der Waals surface area contributed by atoms with Crippen LogP contribution in [0.15, 0.2) is 24.3 Å². The van der Waals surface area contributed by atoms with Crippen LogP contribution in [0.2, 0.25) is 0 Å². The van der Waals surface area contributed by atoms with E-state index in [-0.39, 0.29) is 11.5 Å². The molecular weight excluding hydrogens is 271 g/mol. The third kappa shape index (κ3) is 3.02. The summed E-state index contributed by atoms with van der Waals surface area (Å²) in [5, 5.41) is 4.21. The third-order valence-corrected chi connectivity index (χ3v) is 3.36. The molecule has 0 N–H and O–H groups in total. The van der Waals surface area contributed by atoms with Gasteiger partial charge in [0.25, 0.3) is 0 Å². The molecule has 1 heterocycles. The molecule has 0 aliphatic carbocycles. The Morgan fingerprint density at radius 1 is 1.38 bits per heavy atom. The fourth-order valence-corrected chi connectivity index (χ4v) is 2.17. The van der Waals surface area contributed by atoms with Crippen LogP contribution in [-0.4, -0.2) is 22.7 Å². The number of carbonyl (C=O) groups is 1. The first-order chi connectivity index (χ1) is 9.93. The van der Waals surface area contributed by atoms with Crippen LogP contribution < -0.4 is 4.74 Å². The number of allylic oxidation sites excluding steroid dienone is 1. The van der Waals surface area contributed by atoms with Crippen LogP contribution in [0, 0.1) is 19.7 Å². The van der Waals surface area contributed by atoms with Gasteiger partial charge in [-0.05, 0) is 37.6 Å². The molecule has 0 saturated heterocycles. The van der Waals surface area contributed by atoms with Crippen LogP contribution in [-0.2, 0) is 7.05 Å². The van der Waals surface area contributed by atoms with Crippen molar-refractivity contribution >= 4 is 11.9 Å². The molecule has 0 radical (unpaired) electrons. The predicted molar refractivity (Wildman–Crippen MR) is 79.0 cm³/mol. The highest BCUT2D eigenvalue weighted by Gasteiger charge is 2.14. The lowest BCUT2D eigenvalue weighted by Crippen LogP contribution is -1.99. The van der Waals surface area contributed by atoms with Gasteiger partial charge in [0.05, 0.1) is 18.4 Å². The highest BCUT2D eigenvalue weighted by Crippen LogP contribution is 2.19. The van der Waals surface area contributed by atoms with Gasteiger partial charge in [0, 0.05) is 12.7 Å². The Bertz CT molecular complexity index is 717. The molecule has 1 aromatic heterocycles. The van der Waals surface area contributed by atoms with Gasteiger partial charge in [-0.2, -0.15) is 5.10 Å². The van der Waals surface area contributed by atoms with E-state index in [0.717, 1.165) is 5.69 Å². The summed E-state index contributed by atoms with van der Waals surface area (Å²) < 4.78 is 20.1. The molecule has 2 aromatic rings. The second-order valence-corrected chi connectivity index (χ2v) is 4.76. The van der Waals surface area contributed by atoms with Gasteiger partial charge in [-0.25, -0.2) is 4.39 Å². The van der Waals surface area contributed by atoms with Crippen molar-refractivity contribution < 1.29 is 13.9 Å². The first-order valence-electron chi connectivity index (χ1n) is 6.50. The van der Waals surface area contributed by atoms with E-state index in [1.165, 1.54) is 25.3 Å². The van der Waals surface area contributed by atoms with E-state index in [4.69, 9.17) is 4.74 Å². The van der Waals surface area contributed by atoms with Crippen molar-refractivity contribution in [3.05, 3.63) is 52.6 Å². The molecule has 0 aliphatic rings. The van der Waals surface area contributed by atoms with E-state index >= 15 is 0 Å². The minimum Gasteiger partial charge on any atom is -0.494 e. The van der Waals surface area contributed by atoms with E-state index in [9.17, 15) is 9.18 Å². The maximum Gasteiger partial charge on any atom is 0.189 e. The van der Waals surface area contributed by atoms with Crippen LogP contribution in [0.4, 0.5) is 4.39 Å². The second kappa shape index (κ2) is 5.91. The predicted octanol–water partition coefficient (Wildman–Crippen LogP) is 3.08. The van der Waals surface area contributed by atoms with Crippen molar-refractivity contribution in [3.8, 4) is 5.75 Å². The quantitative estimate of drug-likeness (QED) is 0.641. The average molecular weight is 288 g/mol. The summed E-state index contributed by atoms with van der Waals surface area (Å²) in [6.45, 7) is 3.63. The molecule has 0 amide bonds. The SMILES string of the molecule is COc1ccc(C=CC(=O)c2c(C)nn(C)c2C)cc1F. The molecule has 21 heavy (non-hydrogen) atoms. The lowest BCUT2D eigenvalue weighted by Gasteiger charge is -2.02. The molecule has 5 heteroatoms. The van der Waals surface area contributed by atoms with Crippen molar-refractivity contribution in [3.63, 3.8) is 0 Å². The summed E-state index contributed by atoms with van der Waals surface area (Å²) in [6, 6.07) is 4.54. The van der Waals surface area contributed by atoms with Crippen LogP contribution in [0.25, 0.3) is 6.08 Å². The number of halogens is 1. The van der Waals surface area contributed by atoms with E-state index < -0.39 is 5.82 Å². The molecule has 0 aliphatic heterocycles. The van der Waals surface area contributed by atoms with E-state index in [0.29, 0.717) is 16.8 Å². The average Bonchev–Trinajstić information content (AvgIpc) is 2.70. The molecule has 0 spiro atoms. The van der Waals surface area contributed by atoms with Crippen LogP contribution in [0.3, 0.4) is 0 Å². The molecule has 110 valence electrons. The number of hydrogen-bond donors (Lipinski definition) is 0. The van der Waals surface area contributed by atoms with Gasteiger partial charge < -0.3 is 4.74 Å². The van der Waals surface area contributed by atoms with Crippen LogP contribution in [0.5, 0.6) is 5.75 Å². The fraction of sp³-hybridized carbons (Fsp3) is 0.250. The van der Waals surface area contributed by atoms with E-state index in [1.54, 1.807) is 30.8 Å². The smallest absolute Gasteiger partial charge is 0.189 e. The summed E-state index contributed by atoms with van der Waals surface area (Å²) in [7, 11) is 3.20. The molecule has 0 atom stereocenters. The van der Waals surface area contributed by atoms with Gasteiger partial charge in [-0.1, -0.05) is 12.1 Å². The Kier molecular flexibility index (Phi) is 4.21. The van der Waals surface area contributed by atoms with Gasteiger partial charge in [0.2, 0.25) is 0 Å². The van der Waals surface area contributed by atoms with E-state index in [2.05, 4.69) is 5.10 Å². The standard InChI is InChI=1S/C16H17FN2O2/c1-10-16(11(2)19(3)18-10)14(20)7-5-12-6-8-15(21-4)13(17)9-12/h5-9H,1-4H3. The summed E-state index contributed by atoms with van der Waals surface area (Å²) in [6.07, 6.45) is 3.01. The molecule has 4 nitrogen and oxygen atoms in total. The number of rotatable bonds is 4. The third-order valence-electron chi connectivity index (χ3n) is 3.36. The van der Waals surface area contributed by atoms with Crippen molar-refractivity contribution in [1.29, 1.82) is 0 Å². The minimum absolute atomic E-state index is 0.144. The Balaban J connectivity index is 2.25. The van der Waals surface area contributed by atoms with Gasteiger partial charge in [-0.3, -0.25) is 9.48 Å². The number of hydrogen-bond acceptors (Lipinski definition) is 3. The number of aromatic nitrogens is 2. The van der Waals surface area contributed by atoms with Gasteiger partial charge >= 0.3 is 0 Å². The lowest BCUT2D eigenvalue weighted by atomic mass is 10.1. The maximum atomic E-state index is 13.6. The molecule has 0 bridgehead atoms. The largest absolute Gasteiger partial charge is 0.494 e. The molecule has 0 saturated carbocycles. The fourth-order valence-electron chi connectivity index (χ4n) is 2.17. The monoisotopic (exact) mass is 288 g/mol. The number of nitrogens with zero attached hydrogens (tertiary/aromatic N) is 2. The van der Waals surface area contributed by atoms with Gasteiger partial charge in [0.1, 0.15) is 0 Å². The molecule has 0 unspecified atom stereocenters. The Labute approximate surface area is 122 Å². The van der Waals surface area contributed by atoms with Gasteiger partial charge in [-0.15, -0.1) is 0 Å². The molecule has 0 fully saturated rings. The zero-order valence-corrected chi connectivity index (χ0v) is 12.5. The van der Waals surface area contributed by atoms with Crippen molar-refractivity contribution in [2.45, 2.75) is 13.8 Å². The van der Waals surface area contributed by atoms with Crippen molar-refractivity contribution in [2.24, 2.45) is 7.05 Å². The molecular formula is C16H17FN2O2. The number of methoxy groups -OCH3 is 1. The number of carbonyl (C=O) groups excluding carboxylic acids is 1. The highest BCUT2D eigenvalue weighted by molar-refractivity contribution is 6.08. The van der Waals surface area contributed by atoms with Crippen molar-refractivity contribution in [2.75, 3.05) is 7.11 Å². The molecule has 1 aromatic carbocycles. The van der Waals surface area contributed by atoms with E-state index in [1.807, 2.05) is 6.92 Å². The Morgan fingerprint density at radius 2 is 2.10 bits per heavy atom. The topological polar surface area (TPSA) is 44.1 Å². The number of aryl methyl sites for hydroxylation is 2. The number of benzene rings is 1. The van der Waals surface area contributed by atoms with Crippen molar-refractivity contribution in [1.82, 2.24) is 9.78 Å². The Hall–Kier alpha value is -2.43. The maximum absolute atomic E-state index is 13.6. The normalized spacial score (nSPS) is 11.1. The van der Waals surface area contributed by atoms with Crippen LogP contribution in [0.1, 0.15) is 27.3 Å². The highest BCUT2D eigenvalue weighted by atomic mass is 19.1. The summed E-state index contributed by atoms with van der Waals surface area (Å²) >= 11 is 0. The zero-order chi connectivity index (χ0) is 15.6. The minimum atomic E-state index is -0.458. The summed E-state index contributed by atoms with van der Waals surface area (Å²) in [5.74, 6) is -0.424. The Morgan fingerprint density at radius 3 is 2.62 bits per heavy atom.